The summed E-state index contributed by atoms with van der Waals surface area (Å²) in [5.41, 5.74) is -0.603. The van der Waals surface area contributed by atoms with Gasteiger partial charge in [-0.1, -0.05) is 30.3 Å². The number of rotatable bonds is 3. The van der Waals surface area contributed by atoms with Crippen molar-refractivity contribution in [3.8, 4) is 29.3 Å². The van der Waals surface area contributed by atoms with Crippen molar-refractivity contribution in [2.45, 2.75) is 6.18 Å². The molecule has 0 amide bonds. The molecule has 0 aliphatic heterocycles. The Morgan fingerprint density at radius 1 is 0.840 bits per heavy atom. The number of nitrogens with one attached hydrogen (secondary N) is 1. The lowest BCUT2D eigenvalue weighted by Crippen LogP contribution is -2.06. The van der Waals surface area contributed by atoms with Crippen LogP contribution in [0.1, 0.15) is 5.56 Å². The van der Waals surface area contributed by atoms with E-state index in [-0.39, 0.29) is 16.8 Å². The van der Waals surface area contributed by atoms with Crippen LogP contribution in [-0.4, -0.2) is 0 Å². The lowest BCUT2D eigenvalue weighted by molar-refractivity contribution is -0.137. The fraction of sp³-hybridized carbons (Fsp3) is 0.0556. The molecule has 2 aromatic carbocycles. The lowest BCUT2D eigenvalue weighted by Gasteiger charge is -2.13. The van der Waals surface area contributed by atoms with Crippen LogP contribution in [0.5, 0.6) is 0 Å². The largest absolute Gasteiger partial charge is 0.417 e. The van der Waals surface area contributed by atoms with Gasteiger partial charge in [-0.05, 0) is 29.3 Å². The van der Waals surface area contributed by atoms with Gasteiger partial charge in [0.2, 0.25) is 0 Å². The molecule has 0 aromatic heterocycles. The number of nitriles is 3. The molecule has 7 heteroatoms. The molecule has 0 radical (unpaired) electrons. The molecular weight excluding hydrogens is 329 g/mol. The molecule has 0 saturated carbocycles. The predicted octanol–water partition coefficient (Wildman–Crippen LogP) is 4.61. The molecule has 0 aliphatic carbocycles. The molecule has 0 spiro atoms. The zero-order valence-electron chi connectivity index (χ0n) is 12.6. The maximum absolute atomic E-state index is 13.1. The zero-order valence-corrected chi connectivity index (χ0v) is 12.6. The first-order valence-corrected chi connectivity index (χ1v) is 6.89. The van der Waals surface area contributed by atoms with Crippen molar-refractivity contribution in [3.63, 3.8) is 0 Å². The third kappa shape index (κ3) is 3.96. The number of allylic oxidation sites excluding steroid dienone is 2. The normalized spacial score (nSPS) is 10.1. The minimum atomic E-state index is -4.47. The summed E-state index contributed by atoms with van der Waals surface area (Å²) >= 11 is 0. The Labute approximate surface area is 141 Å². The van der Waals surface area contributed by atoms with Crippen LogP contribution >= 0.6 is 0 Å². The van der Waals surface area contributed by atoms with Crippen molar-refractivity contribution < 1.29 is 13.2 Å². The summed E-state index contributed by atoms with van der Waals surface area (Å²) in [7, 11) is 0. The molecule has 0 unspecified atom stereocenters. The SMILES string of the molecule is N#CC(C#N)=C(C#N)Nc1ccc(-c2ccccc2C(F)(F)F)cc1. The van der Waals surface area contributed by atoms with Gasteiger partial charge in [0.25, 0.3) is 0 Å². The second kappa shape index (κ2) is 7.21. The molecular formula is C18H9F3N4. The van der Waals surface area contributed by atoms with E-state index in [1.54, 1.807) is 18.2 Å². The zero-order chi connectivity index (χ0) is 18.4. The Morgan fingerprint density at radius 3 is 1.96 bits per heavy atom. The van der Waals surface area contributed by atoms with Crippen molar-refractivity contribution in [1.82, 2.24) is 0 Å². The highest BCUT2D eigenvalue weighted by molar-refractivity contribution is 5.70. The predicted molar refractivity (Wildman–Crippen MR) is 84.4 cm³/mol. The second-order valence-electron chi connectivity index (χ2n) is 4.83. The van der Waals surface area contributed by atoms with Gasteiger partial charge in [-0.3, -0.25) is 0 Å². The number of nitrogens with zero attached hydrogens (tertiary/aromatic N) is 3. The van der Waals surface area contributed by atoms with Crippen molar-refractivity contribution in [2.75, 3.05) is 5.32 Å². The quantitative estimate of drug-likeness (QED) is 0.828. The second-order valence-corrected chi connectivity index (χ2v) is 4.83. The number of anilines is 1. The highest BCUT2D eigenvalue weighted by atomic mass is 19.4. The van der Waals surface area contributed by atoms with Crippen LogP contribution in [0.15, 0.2) is 59.8 Å². The fourth-order valence-electron chi connectivity index (χ4n) is 2.14. The molecule has 1 N–H and O–H groups in total. The maximum atomic E-state index is 13.1. The van der Waals surface area contributed by atoms with Gasteiger partial charge in [-0.15, -0.1) is 0 Å². The molecule has 25 heavy (non-hydrogen) atoms. The van der Waals surface area contributed by atoms with E-state index in [1.807, 2.05) is 0 Å². The average molecular weight is 338 g/mol. The average Bonchev–Trinajstić information content (AvgIpc) is 2.61. The van der Waals surface area contributed by atoms with E-state index >= 15 is 0 Å². The standard InChI is InChI=1S/C18H9F3N4/c19-18(20,21)16-4-2-1-3-15(16)12-5-7-14(8-6-12)25-17(11-24)13(9-22)10-23/h1-8,25H. The third-order valence-corrected chi connectivity index (χ3v) is 3.28. The van der Waals surface area contributed by atoms with Crippen LogP contribution in [0.3, 0.4) is 0 Å². The van der Waals surface area contributed by atoms with E-state index in [0.717, 1.165) is 6.07 Å². The minimum Gasteiger partial charge on any atom is -0.345 e. The summed E-state index contributed by atoms with van der Waals surface area (Å²) in [5, 5.41) is 29.1. The molecule has 2 aromatic rings. The Kier molecular flexibility index (Phi) is 5.07. The van der Waals surface area contributed by atoms with Crippen LogP contribution in [0.2, 0.25) is 0 Å². The van der Waals surface area contributed by atoms with Gasteiger partial charge in [0.05, 0.1) is 5.56 Å². The van der Waals surface area contributed by atoms with Gasteiger partial charge in [0, 0.05) is 5.69 Å². The highest BCUT2D eigenvalue weighted by Crippen LogP contribution is 2.37. The fourth-order valence-corrected chi connectivity index (χ4v) is 2.14. The summed E-state index contributed by atoms with van der Waals surface area (Å²) < 4.78 is 39.2. The Balaban J connectivity index is 2.38. The van der Waals surface area contributed by atoms with Gasteiger partial charge in [0.15, 0.2) is 5.57 Å². The molecule has 0 bridgehead atoms. The molecule has 4 nitrogen and oxygen atoms in total. The van der Waals surface area contributed by atoms with Crippen LogP contribution in [0.4, 0.5) is 18.9 Å². The number of alkyl halides is 3. The summed E-state index contributed by atoms with van der Waals surface area (Å²) in [5.74, 6) is 0. The summed E-state index contributed by atoms with van der Waals surface area (Å²) in [4.78, 5) is 0. The topological polar surface area (TPSA) is 83.4 Å². The van der Waals surface area contributed by atoms with E-state index in [1.165, 1.54) is 42.5 Å². The first-order chi connectivity index (χ1) is 11.9. The summed E-state index contributed by atoms with van der Waals surface area (Å²) in [6, 6.07) is 15.9. The molecule has 0 saturated heterocycles. The van der Waals surface area contributed by atoms with E-state index in [9.17, 15) is 13.2 Å². The number of halogens is 3. The van der Waals surface area contributed by atoms with Crippen molar-refractivity contribution in [3.05, 3.63) is 65.4 Å². The van der Waals surface area contributed by atoms with Crippen LogP contribution in [-0.2, 0) is 6.18 Å². The molecule has 0 heterocycles. The van der Waals surface area contributed by atoms with Crippen molar-refractivity contribution in [1.29, 1.82) is 15.8 Å². The van der Waals surface area contributed by atoms with E-state index < -0.39 is 11.7 Å². The smallest absolute Gasteiger partial charge is 0.345 e. The first kappa shape index (κ1) is 17.6. The Bertz CT molecular complexity index is 921. The van der Waals surface area contributed by atoms with Crippen LogP contribution < -0.4 is 5.32 Å². The van der Waals surface area contributed by atoms with Crippen LogP contribution in [0, 0.1) is 34.0 Å². The summed E-state index contributed by atoms with van der Waals surface area (Å²) in [6.45, 7) is 0. The van der Waals surface area contributed by atoms with Gasteiger partial charge in [-0.25, -0.2) is 0 Å². The molecule has 122 valence electrons. The maximum Gasteiger partial charge on any atom is 0.417 e. The number of hydrogen-bond acceptors (Lipinski definition) is 4. The Hall–Kier alpha value is -3.76. The van der Waals surface area contributed by atoms with Gasteiger partial charge in [-0.2, -0.15) is 29.0 Å². The molecule has 2 rings (SSSR count). The number of benzene rings is 2. The molecule has 0 atom stereocenters. The molecule has 0 aliphatic rings. The van der Waals surface area contributed by atoms with Crippen molar-refractivity contribution in [2.24, 2.45) is 0 Å². The highest BCUT2D eigenvalue weighted by Gasteiger charge is 2.33. The first-order valence-electron chi connectivity index (χ1n) is 6.89. The lowest BCUT2D eigenvalue weighted by atomic mass is 9.99. The van der Waals surface area contributed by atoms with Crippen molar-refractivity contribution >= 4 is 5.69 Å². The molecule has 0 fully saturated rings. The third-order valence-electron chi connectivity index (χ3n) is 3.28. The van der Waals surface area contributed by atoms with Gasteiger partial charge >= 0.3 is 6.18 Å². The van der Waals surface area contributed by atoms with Gasteiger partial charge < -0.3 is 5.32 Å². The van der Waals surface area contributed by atoms with Crippen LogP contribution in [0.25, 0.3) is 11.1 Å². The Morgan fingerprint density at radius 2 is 1.44 bits per heavy atom. The number of hydrogen-bond donors (Lipinski definition) is 1. The van der Waals surface area contributed by atoms with E-state index in [0.29, 0.717) is 11.3 Å². The monoisotopic (exact) mass is 338 g/mol. The summed E-state index contributed by atoms with van der Waals surface area (Å²) in [6.07, 6.45) is -4.47. The minimum absolute atomic E-state index is 0.0346. The van der Waals surface area contributed by atoms with E-state index in [2.05, 4.69) is 5.32 Å². The van der Waals surface area contributed by atoms with E-state index in [4.69, 9.17) is 15.8 Å². The van der Waals surface area contributed by atoms with Gasteiger partial charge in [0.1, 0.15) is 23.9 Å².